The van der Waals surface area contributed by atoms with Crippen molar-refractivity contribution < 1.29 is 63.0 Å². The molecule has 3 aliphatic rings. The Morgan fingerprint density at radius 3 is 2.00 bits per heavy atom. The van der Waals surface area contributed by atoms with Gasteiger partial charge in [0.25, 0.3) is 0 Å². The zero-order valence-electron chi connectivity index (χ0n) is 14.4. The fraction of sp³-hybridized carbons (Fsp3) is 0.944. The molecule has 5 atom stereocenters. The monoisotopic (exact) mass is 361 g/mol. The molecule has 3 fully saturated rings. The third kappa shape index (κ3) is 3.86. The normalized spacial score (nSPS) is 40.1. The molecule has 21 heavy (non-hydrogen) atoms. The molecule has 0 bridgehead atoms. The summed E-state index contributed by atoms with van der Waals surface area (Å²) in [6, 6.07) is 0.356. The van der Waals surface area contributed by atoms with Crippen molar-refractivity contribution in [1.29, 1.82) is 0 Å². The van der Waals surface area contributed by atoms with Gasteiger partial charge in [0.05, 0.1) is 5.91 Å². The van der Waals surface area contributed by atoms with Crippen molar-refractivity contribution in [2.75, 3.05) is 0 Å². The second-order valence-corrected chi connectivity index (χ2v) is 8.44. The van der Waals surface area contributed by atoms with Crippen LogP contribution in [0.4, 0.5) is 0 Å². The van der Waals surface area contributed by atoms with E-state index in [-0.39, 0.29) is 75.4 Å². The number of nitrogens with zero attached hydrogens (tertiary/aromatic N) is 1. The maximum atomic E-state index is 12.8. The smallest absolute Gasteiger partial charge is 0.650 e. The van der Waals surface area contributed by atoms with Gasteiger partial charge in [-0.1, -0.05) is 65.2 Å². The van der Waals surface area contributed by atoms with Gasteiger partial charge in [0, 0.05) is 5.92 Å². The average Bonchev–Trinajstić information content (AvgIpc) is 2.51. The third-order valence-electron chi connectivity index (χ3n) is 6.13. The standard InChI is InChI=1S/C18H31NO.Rb/c1-18(2,3)16-14-10-5-4-8-12(14)13-9-6-7-11-15(13)19-17(16)20;/h12-16H,4-11H2,1-3H3,(H,19,20);/q;+1/p-1. The molecule has 1 heterocycles. The molecule has 1 aliphatic heterocycles. The van der Waals surface area contributed by atoms with Crippen LogP contribution in [0.5, 0.6) is 0 Å². The molecule has 0 aromatic rings. The van der Waals surface area contributed by atoms with E-state index in [1.165, 1.54) is 44.9 Å². The first-order chi connectivity index (χ1) is 9.48. The van der Waals surface area contributed by atoms with Gasteiger partial charge in [-0.15, -0.1) is 6.04 Å². The molecule has 3 heteroatoms. The van der Waals surface area contributed by atoms with Gasteiger partial charge in [0.2, 0.25) is 0 Å². The van der Waals surface area contributed by atoms with Gasteiger partial charge in [-0.25, -0.2) is 0 Å². The van der Waals surface area contributed by atoms with Crippen molar-refractivity contribution in [3.05, 3.63) is 5.32 Å². The van der Waals surface area contributed by atoms with Crippen LogP contribution in [0.1, 0.15) is 72.1 Å². The van der Waals surface area contributed by atoms with Crippen molar-refractivity contribution in [1.82, 2.24) is 0 Å². The largest absolute Gasteiger partial charge is 1.00 e. The van der Waals surface area contributed by atoms with Crippen molar-refractivity contribution in [3.63, 3.8) is 0 Å². The Kier molecular flexibility index (Phi) is 6.60. The molecule has 0 spiro atoms. The molecule has 5 unspecified atom stereocenters. The Labute approximate surface area is 179 Å². The first kappa shape index (κ1) is 18.6. The van der Waals surface area contributed by atoms with Crippen LogP contribution in [-0.4, -0.2) is 11.9 Å². The number of hydrogen-bond donors (Lipinski definition) is 0. The second kappa shape index (κ2) is 7.44. The molecule has 1 saturated heterocycles. The van der Waals surface area contributed by atoms with E-state index in [9.17, 15) is 4.79 Å². The Bertz CT molecular complexity index is 376. The summed E-state index contributed by atoms with van der Waals surface area (Å²) < 4.78 is 0. The van der Waals surface area contributed by atoms with Gasteiger partial charge in [-0.2, -0.15) is 0 Å². The quantitative estimate of drug-likeness (QED) is 0.648. The summed E-state index contributed by atoms with van der Waals surface area (Å²) in [6.45, 7) is 6.73. The van der Waals surface area contributed by atoms with Crippen LogP contribution in [0, 0.1) is 29.1 Å². The third-order valence-corrected chi connectivity index (χ3v) is 6.13. The van der Waals surface area contributed by atoms with E-state index >= 15 is 0 Å². The Morgan fingerprint density at radius 1 is 0.857 bits per heavy atom. The number of hydrogen-bond acceptors (Lipinski definition) is 1. The average molecular weight is 362 g/mol. The predicted molar refractivity (Wildman–Crippen MR) is 82.5 cm³/mol. The topological polar surface area (TPSA) is 31.2 Å². The van der Waals surface area contributed by atoms with Crippen LogP contribution in [0.25, 0.3) is 5.32 Å². The van der Waals surface area contributed by atoms with E-state index < -0.39 is 0 Å². The van der Waals surface area contributed by atoms with Crippen molar-refractivity contribution in [3.8, 4) is 0 Å². The number of rotatable bonds is 0. The fourth-order valence-corrected chi connectivity index (χ4v) is 5.37. The summed E-state index contributed by atoms with van der Waals surface area (Å²) in [5.41, 5.74) is 0.0638. The van der Waals surface area contributed by atoms with E-state index in [1.54, 1.807) is 0 Å². The van der Waals surface area contributed by atoms with Gasteiger partial charge in [0.15, 0.2) is 0 Å². The zero-order chi connectivity index (χ0) is 14.3. The van der Waals surface area contributed by atoms with Gasteiger partial charge in [0.1, 0.15) is 0 Å². The molecular formula is C18H30NORb. The molecule has 114 valence electrons. The van der Waals surface area contributed by atoms with Crippen molar-refractivity contribution in [2.45, 2.75) is 78.2 Å². The molecule has 1 amide bonds. The molecule has 0 aromatic carbocycles. The maximum Gasteiger partial charge on any atom is 1.00 e. The van der Waals surface area contributed by atoms with Crippen molar-refractivity contribution in [2.24, 2.45) is 29.1 Å². The van der Waals surface area contributed by atoms with Crippen molar-refractivity contribution >= 4 is 5.91 Å². The van der Waals surface area contributed by atoms with Gasteiger partial charge in [-0.05, 0) is 30.1 Å². The fourth-order valence-electron chi connectivity index (χ4n) is 5.37. The molecule has 0 N–H and O–H groups in total. The second-order valence-electron chi connectivity index (χ2n) is 8.44. The molecule has 0 radical (unpaired) electrons. The molecule has 2 aliphatic carbocycles. The summed E-state index contributed by atoms with van der Waals surface area (Å²) in [6.07, 6.45) is 10.4. The summed E-state index contributed by atoms with van der Waals surface area (Å²) in [5, 5.41) is 4.73. The Balaban J connectivity index is 0.00000161. The molecular weight excluding hydrogens is 332 g/mol. The number of amides is 1. The van der Waals surface area contributed by atoms with Crippen LogP contribution in [0.15, 0.2) is 0 Å². The van der Waals surface area contributed by atoms with Gasteiger partial charge >= 0.3 is 58.2 Å². The number of fused-ring (bicyclic) bond motifs is 3. The molecule has 3 rings (SSSR count). The zero-order valence-corrected chi connectivity index (χ0v) is 19.3. The SMILES string of the molecule is CC(C)(C)C1C(=O)[N-]C2CCCCC2C2CCCCC21.[Rb+]. The Morgan fingerprint density at radius 2 is 1.38 bits per heavy atom. The minimum Gasteiger partial charge on any atom is -0.650 e. The van der Waals surface area contributed by atoms with Crippen LogP contribution in [0.2, 0.25) is 0 Å². The van der Waals surface area contributed by atoms with E-state index in [0.717, 1.165) is 12.3 Å². The van der Waals surface area contributed by atoms with Gasteiger partial charge in [-0.3, -0.25) is 0 Å². The molecule has 2 saturated carbocycles. The summed E-state index contributed by atoms with van der Waals surface area (Å²) in [4.78, 5) is 12.8. The first-order valence-electron chi connectivity index (χ1n) is 8.73. The minimum absolute atomic E-state index is 0. The van der Waals surface area contributed by atoms with Crippen LogP contribution in [0.3, 0.4) is 0 Å². The van der Waals surface area contributed by atoms with Crippen LogP contribution >= 0.6 is 0 Å². The van der Waals surface area contributed by atoms with Crippen LogP contribution in [-0.2, 0) is 4.79 Å². The Hall–Kier alpha value is 1.28. The summed E-state index contributed by atoms with van der Waals surface area (Å²) in [5.74, 6) is 2.49. The first-order valence-corrected chi connectivity index (χ1v) is 8.73. The summed E-state index contributed by atoms with van der Waals surface area (Å²) >= 11 is 0. The molecule has 0 aromatic heterocycles. The molecule has 2 nitrogen and oxygen atoms in total. The minimum atomic E-state index is 0. The van der Waals surface area contributed by atoms with E-state index in [4.69, 9.17) is 5.32 Å². The van der Waals surface area contributed by atoms with E-state index in [0.29, 0.717) is 17.9 Å². The van der Waals surface area contributed by atoms with Gasteiger partial charge < -0.3 is 10.1 Å². The van der Waals surface area contributed by atoms with E-state index in [2.05, 4.69) is 20.8 Å². The number of carbonyl (C=O) groups excluding carboxylic acids is 1. The van der Waals surface area contributed by atoms with Crippen LogP contribution < -0.4 is 58.2 Å². The van der Waals surface area contributed by atoms with E-state index in [1.807, 2.05) is 0 Å². The maximum absolute atomic E-state index is 12.8. The number of carbonyl (C=O) groups is 1. The predicted octanol–water partition coefficient (Wildman–Crippen LogP) is 1.93. The summed E-state index contributed by atoms with van der Waals surface area (Å²) in [7, 11) is 0.